The van der Waals surface area contributed by atoms with E-state index in [1.807, 2.05) is 13.8 Å². The first-order valence-electron chi connectivity index (χ1n) is 5.93. The minimum atomic E-state index is -0.249. The van der Waals surface area contributed by atoms with Crippen LogP contribution in [0.4, 0.5) is 0 Å². The lowest BCUT2D eigenvalue weighted by Gasteiger charge is -2.21. The highest BCUT2D eigenvalue weighted by atomic mass is 16.5. The van der Waals surface area contributed by atoms with Gasteiger partial charge in [-0.2, -0.15) is 4.98 Å². The molecular formula is C12H18N2O2. The molecule has 1 aromatic heterocycles. The van der Waals surface area contributed by atoms with Crippen molar-refractivity contribution in [2.75, 3.05) is 0 Å². The van der Waals surface area contributed by atoms with E-state index in [0.717, 1.165) is 18.7 Å². The predicted molar refractivity (Wildman–Crippen MR) is 59.2 cm³/mol. The highest BCUT2D eigenvalue weighted by molar-refractivity contribution is 5.82. The Hall–Kier alpha value is -1.19. The average molecular weight is 222 g/mol. The molecule has 0 bridgehead atoms. The number of Topliss-reactive ketones (excluding diaryl/α,β-unsaturated/α-hetero) is 1. The second kappa shape index (κ2) is 4.36. The Morgan fingerprint density at radius 1 is 1.44 bits per heavy atom. The lowest BCUT2D eigenvalue weighted by Crippen LogP contribution is -2.16. The van der Waals surface area contributed by atoms with Gasteiger partial charge in [-0.3, -0.25) is 4.79 Å². The summed E-state index contributed by atoms with van der Waals surface area (Å²) in [6, 6.07) is 0. The molecule has 1 heterocycles. The van der Waals surface area contributed by atoms with Gasteiger partial charge in [0, 0.05) is 5.92 Å². The molecule has 1 fully saturated rings. The van der Waals surface area contributed by atoms with E-state index in [1.165, 1.54) is 6.42 Å². The van der Waals surface area contributed by atoms with E-state index in [9.17, 15) is 4.79 Å². The van der Waals surface area contributed by atoms with Crippen LogP contribution in [0, 0.1) is 5.92 Å². The fourth-order valence-corrected chi connectivity index (χ4v) is 2.13. The molecule has 1 aromatic rings. The van der Waals surface area contributed by atoms with E-state index in [1.54, 1.807) is 6.92 Å². The van der Waals surface area contributed by atoms with Gasteiger partial charge in [-0.1, -0.05) is 25.4 Å². The van der Waals surface area contributed by atoms with Gasteiger partial charge in [-0.25, -0.2) is 0 Å². The zero-order chi connectivity index (χ0) is 11.7. The molecule has 1 atom stereocenters. The van der Waals surface area contributed by atoms with E-state index < -0.39 is 0 Å². The second-order valence-corrected chi connectivity index (χ2v) is 4.95. The van der Waals surface area contributed by atoms with E-state index in [2.05, 4.69) is 10.1 Å². The smallest absolute Gasteiger partial charge is 0.237 e. The molecule has 0 aliphatic heterocycles. The third-order valence-corrected chi connectivity index (χ3v) is 3.30. The standard InChI is InChI=1S/C12H18N2O2/c1-7(2)10(8(3)15)12-13-11(14-16-12)9-5-4-6-9/h7,9-10H,4-6H2,1-3H3. The maximum absolute atomic E-state index is 11.5. The summed E-state index contributed by atoms with van der Waals surface area (Å²) in [7, 11) is 0. The molecule has 4 nitrogen and oxygen atoms in total. The minimum Gasteiger partial charge on any atom is -0.339 e. The van der Waals surface area contributed by atoms with Crippen LogP contribution in [0.3, 0.4) is 0 Å². The molecular weight excluding hydrogens is 204 g/mol. The molecule has 0 amide bonds. The van der Waals surface area contributed by atoms with Gasteiger partial charge in [0.2, 0.25) is 5.89 Å². The highest BCUT2D eigenvalue weighted by Crippen LogP contribution is 2.35. The molecule has 0 N–H and O–H groups in total. The van der Waals surface area contributed by atoms with E-state index >= 15 is 0 Å². The maximum Gasteiger partial charge on any atom is 0.237 e. The Kier molecular flexibility index (Phi) is 3.08. The van der Waals surface area contributed by atoms with Crippen molar-refractivity contribution in [1.82, 2.24) is 10.1 Å². The third-order valence-electron chi connectivity index (χ3n) is 3.30. The van der Waals surface area contributed by atoms with Gasteiger partial charge in [0.15, 0.2) is 5.82 Å². The van der Waals surface area contributed by atoms with Crippen LogP contribution in [0.2, 0.25) is 0 Å². The topological polar surface area (TPSA) is 56.0 Å². The zero-order valence-corrected chi connectivity index (χ0v) is 10.1. The Balaban J connectivity index is 2.18. The van der Waals surface area contributed by atoms with Gasteiger partial charge < -0.3 is 4.52 Å². The largest absolute Gasteiger partial charge is 0.339 e. The lowest BCUT2D eigenvalue weighted by molar-refractivity contribution is -0.119. The number of hydrogen-bond acceptors (Lipinski definition) is 4. The van der Waals surface area contributed by atoms with Gasteiger partial charge in [0.1, 0.15) is 5.78 Å². The van der Waals surface area contributed by atoms with Crippen molar-refractivity contribution in [1.29, 1.82) is 0 Å². The van der Waals surface area contributed by atoms with Crippen molar-refractivity contribution in [2.45, 2.75) is 51.9 Å². The van der Waals surface area contributed by atoms with Gasteiger partial charge in [-0.05, 0) is 25.7 Å². The van der Waals surface area contributed by atoms with E-state index in [0.29, 0.717) is 11.8 Å². The molecule has 0 spiro atoms. The van der Waals surface area contributed by atoms with Crippen LogP contribution in [0.1, 0.15) is 63.6 Å². The Morgan fingerprint density at radius 2 is 2.12 bits per heavy atom. The van der Waals surface area contributed by atoms with E-state index in [4.69, 9.17) is 4.52 Å². The normalized spacial score (nSPS) is 18.5. The van der Waals surface area contributed by atoms with Crippen LogP contribution < -0.4 is 0 Å². The van der Waals surface area contributed by atoms with Crippen molar-refractivity contribution in [2.24, 2.45) is 5.92 Å². The van der Waals surface area contributed by atoms with E-state index in [-0.39, 0.29) is 17.6 Å². The maximum atomic E-state index is 11.5. The van der Waals surface area contributed by atoms with Gasteiger partial charge >= 0.3 is 0 Å². The Bertz CT molecular complexity index is 380. The van der Waals surface area contributed by atoms with Crippen molar-refractivity contribution in [3.8, 4) is 0 Å². The predicted octanol–water partition coefficient (Wildman–Crippen LogP) is 2.67. The highest BCUT2D eigenvalue weighted by Gasteiger charge is 2.30. The minimum absolute atomic E-state index is 0.0961. The summed E-state index contributed by atoms with van der Waals surface area (Å²) in [5.74, 6) is 1.78. The van der Waals surface area contributed by atoms with Crippen molar-refractivity contribution in [3.05, 3.63) is 11.7 Å². The second-order valence-electron chi connectivity index (χ2n) is 4.95. The molecule has 16 heavy (non-hydrogen) atoms. The Labute approximate surface area is 95.4 Å². The number of carbonyl (C=O) groups is 1. The fourth-order valence-electron chi connectivity index (χ4n) is 2.13. The van der Waals surface area contributed by atoms with Crippen LogP contribution in [-0.4, -0.2) is 15.9 Å². The summed E-state index contributed by atoms with van der Waals surface area (Å²) in [4.78, 5) is 15.9. The number of ketones is 1. The van der Waals surface area contributed by atoms with Crippen LogP contribution in [0.15, 0.2) is 4.52 Å². The third kappa shape index (κ3) is 2.01. The summed E-state index contributed by atoms with van der Waals surface area (Å²) >= 11 is 0. The molecule has 0 saturated heterocycles. The molecule has 4 heteroatoms. The molecule has 0 aromatic carbocycles. The summed E-state index contributed by atoms with van der Waals surface area (Å²) in [6.45, 7) is 5.58. The zero-order valence-electron chi connectivity index (χ0n) is 10.1. The lowest BCUT2D eigenvalue weighted by atomic mass is 9.85. The summed E-state index contributed by atoms with van der Waals surface area (Å²) in [5, 5.41) is 3.99. The Morgan fingerprint density at radius 3 is 2.56 bits per heavy atom. The average Bonchev–Trinajstić information content (AvgIpc) is 2.48. The molecule has 88 valence electrons. The van der Waals surface area contributed by atoms with Crippen LogP contribution in [0.5, 0.6) is 0 Å². The van der Waals surface area contributed by atoms with Crippen LogP contribution in [0.25, 0.3) is 0 Å². The number of nitrogens with zero attached hydrogens (tertiary/aromatic N) is 2. The van der Waals surface area contributed by atoms with Crippen molar-refractivity contribution >= 4 is 5.78 Å². The van der Waals surface area contributed by atoms with Crippen molar-refractivity contribution < 1.29 is 9.32 Å². The molecule has 1 unspecified atom stereocenters. The quantitative estimate of drug-likeness (QED) is 0.785. The summed E-state index contributed by atoms with van der Waals surface area (Å²) in [5.41, 5.74) is 0. The first-order valence-corrected chi connectivity index (χ1v) is 5.93. The van der Waals surface area contributed by atoms with Crippen LogP contribution in [-0.2, 0) is 4.79 Å². The summed E-state index contributed by atoms with van der Waals surface area (Å²) in [6.07, 6.45) is 3.53. The monoisotopic (exact) mass is 222 g/mol. The van der Waals surface area contributed by atoms with Crippen molar-refractivity contribution in [3.63, 3.8) is 0 Å². The van der Waals surface area contributed by atoms with Gasteiger partial charge in [-0.15, -0.1) is 0 Å². The molecule has 1 aliphatic rings. The summed E-state index contributed by atoms with van der Waals surface area (Å²) < 4.78 is 5.22. The van der Waals surface area contributed by atoms with Crippen LogP contribution >= 0.6 is 0 Å². The SMILES string of the molecule is CC(=O)C(c1nc(C2CCC2)no1)C(C)C. The molecule has 1 saturated carbocycles. The first kappa shape index (κ1) is 11.3. The number of rotatable bonds is 4. The number of hydrogen-bond donors (Lipinski definition) is 0. The molecule has 1 aliphatic carbocycles. The molecule has 0 radical (unpaired) electrons. The number of aromatic nitrogens is 2. The van der Waals surface area contributed by atoms with Gasteiger partial charge in [0.05, 0.1) is 5.92 Å². The number of carbonyl (C=O) groups excluding carboxylic acids is 1. The molecule has 2 rings (SSSR count). The first-order chi connectivity index (χ1) is 7.59. The van der Waals surface area contributed by atoms with Gasteiger partial charge in [0.25, 0.3) is 0 Å². The fraction of sp³-hybridized carbons (Fsp3) is 0.750.